The number of sulfone groups is 1. The maximum Gasteiger partial charge on any atom is 0.418 e. The smallest absolute Gasteiger partial charge is 0.347 e. The van der Waals surface area contributed by atoms with Crippen molar-refractivity contribution >= 4 is 27.3 Å². The first-order valence-electron chi connectivity index (χ1n) is 8.23. The van der Waals surface area contributed by atoms with Gasteiger partial charge in [-0.05, 0) is 18.6 Å². The number of carbonyl (C=O) groups excluding carboxylic acids is 2. The van der Waals surface area contributed by atoms with Gasteiger partial charge in [-0.2, -0.15) is 13.2 Å². The summed E-state index contributed by atoms with van der Waals surface area (Å²) in [5.74, 6) is -1.16. The summed E-state index contributed by atoms with van der Waals surface area (Å²) in [5, 5.41) is 4.81. The Kier molecular flexibility index (Phi) is 6.47. The average Bonchev–Trinajstić information content (AvgIpc) is 2.84. The molecule has 1 saturated heterocycles. The molecule has 1 unspecified atom stereocenters. The summed E-state index contributed by atoms with van der Waals surface area (Å²) in [6, 6.07) is 4.19. The Morgan fingerprint density at radius 1 is 1.19 bits per heavy atom. The predicted octanol–water partition coefficient (Wildman–Crippen LogP) is -0.538. The molecule has 1 aliphatic rings. The minimum atomic E-state index is -4.59. The Bertz CT molecular complexity index is 811. The lowest BCUT2D eigenvalue weighted by molar-refractivity contribution is -0.862. The number of alkyl halides is 3. The molecule has 1 aromatic rings. The molecule has 3 N–H and O–H groups in total. The highest BCUT2D eigenvalue weighted by molar-refractivity contribution is 7.91. The molecule has 0 saturated carbocycles. The van der Waals surface area contributed by atoms with Crippen molar-refractivity contribution in [1.29, 1.82) is 0 Å². The number of anilines is 1. The lowest BCUT2D eigenvalue weighted by Gasteiger charge is -2.17. The molecule has 1 fully saturated rings. The summed E-state index contributed by atoms with van der Waals surface area (Å²) in [6.45, 7) is -0.326. The molecule has 150 valence electrons. The van der Waals surface area contributed by atoms with Crippen LogP contribution in [0.1, 0.15) is 12.0 Å². The van der Waals surface area contributed by atoms with Gasteiger partial charge in [0.15, 0.2) is 22.9 Å². The van der Waals surface area contributed by atoms with Gasteiger partial charge >= 0.3 is 6.18 Å². The van der Waals surface area contributed by atoms with E-state index in [0.717, 1.165) is 12.1 Å². The van der Waals surface area contributed by atoms with Crippen LogP contribution in [-0.4, -0.2) is 57.9 Å². The Morgan fingerprint density at radius 2 is 1.81 bits per heavy atom. The van der Waals surface area contributed by atoms with Crippen molar-refractivity contribution < 1.29 is 36.1 Å². The van der Waals surface area contributed by atoms with Crippen LogP contribution in [0.3, 0.4) is 0 Å². The van der Waals surface area contributed by atoms with Crippen LogP contribution in [0.5, 0.6) is 0 Å². The van der Waals surface area contributed by atoms with Gasteiger partial charge in [0, 0.05) is 6.04 Å². The second kappa shape index (κ2) is 8.26. The van der Waals surface area contributed by atoms with Gasteiger partial charge < -0.3 is 15.5 Å². The number of likely N-dealkylation sites (N-methyl/N-ethyl adjacent to an activating group) is 1. The number of halogens is 3. The average molecular weight is 408 g/mol. The van der Waals surface area contributed by atoms with Crippen LogP contribution in [0.2, 0.25) is 0 Å². The summed E-state index contributed by atoms with van der Waals surface area (Å²) in [6.07, 6.45) is -4.24. The summed E-state index contributed by atoms with van der Waals surface area (Å²) >= 11 is 0. The van der Waals surface area contributed by atoms with E-state index >= 15 is 0 Å². The van der Waals surface area contributed by atoms with Gasteiger partial charge in [0.2, 0.25) is 0 Å². The number of para-hydroxylation sites is 1. The number of nitrogens with one attached hydrogen (secondary N) is 3. The van der Waals surface area contributed by atoms with Crippen LogP contribution in [0.15, 0.2) is 24.3 Å². The minimum Gasteiger partial charge on any atom is -0.347 e. The molecular formula is C16H21F3N3O4S+. The van der Waals surface area contributed by atoms with Crippen LogP contribution < -0.4 is 15.5 Å². The number of benzene rings is 1. The molecule has 2 amide bonds. The van der Waals surface area contributed by atoms with Gasteiger partial charge in [0.25, 0.3) is 11.8 Å². The second-order valence-electron chi connectivity index (χ2n) is 6.57. The van der Waals surface area contributed by atoms with Gasteiger partial charge in [-0.15, -0.1) is 0 Å². The molecule has 7 nitrogen and oxygen atoms in total. The van der Waals surface area contributed by atoms with Crippen LogP contribution >= 0.6 is 0 Å². The molecule has 27 heavy (non-hydrogen) atoms. The van der Waals surface area contributed by atoms with E-state index in [9.17, 15) is 31.2 Å². The highest BCUT2D eigenvalue weighted by Crippen LogP contribution is 2.34. The number of hydrogen-bond donors (Lipinski definition) is 3. The standard InChI is InChI=1S/C16H20F3N3O4S/c1-22(8-14(23)20-11-6-7-27(25,26)10-11)9-15(24)21-13-5-3-2-4-12(13)16(17,18)19/h2-5,11H,6-10H2,1H3,(H,20,23)(H,21,24)/p+1/t11-/m1/s1. The van der Waals surface area contributed by atoms with Crippen molar-refractivity contribution in [1.82, 2.24) is 5.32 Å². The van der Waals surface area contributed by atoms with E-state index in [1.165, 1.54) is 12.1 Å². The summed E-state index contributed by atoms with van der Waals surface area (Å²) in [5.41, 5.74) is -1.29. The van der Waals surface area contributed by atoms with Crippen LogP contribution in [0.4, 0.5) is 18.9 Å². The van der Waals surface area contributed by atoms with Crippen LogP contribution in [0.25, 0.3) is 0 Å². The van der Waals surface area contributed by atoms with Crippen molar-refractivity contribution in [3.8, 4) is 0 Å². The number of carbonyl (C=O) groups is 2. The Morgan fingerprint density at radius 3 is 2.41 bits per heavy atom. The van der Waals surface area contributed by atoms with E-state index in [-0.39, 0.29) is 30.3 Å². The van der Waals surface area contributed by atoms with E-state index in [0.29, 0.717) is 11.3 Å². The normalized spacial score (nSPS) is 20.1. The molecule has 2 rings (SSSR count). The molecule has 0 radical (unpaired) electrons. The number of rotatable bonds is 6. The van der Waals surface area contributed by atoms with Gasteiger partial charge in [-0.3, -0.25) is 9.59 Å². The van der Waals surface area contributed by atoms with E-state index in [1.807, 2.05) is 0 Å². The Labute approximate surface area is 154 Å². The van der Waals surface area contributed by atoms with Crippen LogP contribution in [-0.2, 0) is 25.6 Å². The molecule has 1 heterocycles. The summed E-state index contributed by atoms with van der Waals surface area (Å²) in [4.78, 5) is 24.4. The molecule has 0 aromatic heterocycles. The summed E-state index contributed by atoms with van der Waals surface area (Å²) < 4.78 is 61.5. The lowest BCUT2D eigenvalue weighted by Crippen LogP contribution is -3.11. The van der Waals surface area contributed by atoms with Gasteiger partial charge in [-0.25, -0.2) is 8.42 Å². The fraction of sp³-hybridized carbons (Fsp3) is 0.500. The number of hydrogen-bond acceptors (Lipinski definition) is 4. The fourth-order valence-corrected chi connectivity index (χ4v) is 4.51. The lowest BCUT2D eigenvalue weighted by atomic mass is 10.1. The maximum atomic E-state index is 12.9. The third-order valence-electron chi connectivity index (χ3n) is 4.03. The van der Waals surface area contributed by atoms with Crippen molar-refractivity contribution in [3.63, 3.8) is 0 Å². The van der Waals surface area contributed by atoms with E-state index < -0.39 is 39.4 Å². The van der Waals surface area contributed by atoms with Gasteiger partial charge in [0.05, 0.1) is 29.8 Å². The Balaban J connectivity index is 1.85. The third-order valence-corrected chi connectivity index (χ3v) is 5.80. The molecule has 0 aliphatic carbocycles. The van der Waals surface area contributed by atoms with E-state index in [1.54, 1.807) is 7.05 Å². The van der Waals surface area contributed by atoms with Crippen molar-refractivity contribution in [2.45, 2.75) is 18.6 Å². The zero-order valence-electron chi connectivity index (χ0n) is 14.6. The zero-order valence-corrected chi connectivity index (χ0v) is 15.4. The highest BCUT2D eigenvalue weighted by Gasteiger charge is 2.34. The zero-order chi connectivity index (χ0) is 20.2. The number of amides is 2. The predicted molar refractivity (Wildman–Crippen MR) is 91.9 cm³/mol. The highest BCUT2D eigenvalue weighted by atomic mass is 32.2. The quantitative estimate of drug-likeness (QED) is 0.589. The minimum absolute atomic E-state index is 0.0294. The van der Waals surface area contributed by atoms with E-state index in [2.05, 4.69) is 10.6 Å². The molecule has 0 spiro atoms. The first-order chi connectivity index (χ1) is 12.5. The SMILES string of the molecule is C[NH+](CC(=O)Nc1ccccc1C(F)(F)F)CC(=O)N[C@@H]1CCS(=O)(=O)C1. The molecule has 1 aliphatic heterocycles. The van der Waals surface area contributed by atoms with Crippen LogP contribution in [0, 0.1) is 0 Å². The first-order valence-corrected chi connectivity index (χ1v) is 10.1. The third kappa shape index (κ3) is 6.51. The van der Waals surface area contributed by atoms with Gasteiger partial charge in [-0.1, -0.05) is 12.1 Å². The van der Waals surface area contributed by atoms with E-state index in [4.69, 9.17) is 0 Å². The van der Waals surface area contributed by atoms with Crippen molar-refractivity contribution in [3.05, 3.63) is 29.8 Å². The second-order valence-corrected chi connectivity index (χ2v) is 8.80. The number of quaternary nitrogens is 1. The van der Waals surface area contributed by atoms with Crippen molar-refractivity contribution in [2.24, 2.45) is 0 Å². The topological polar surface area (TPSA) is 96.8 Å². The molecule has 0 bridgehead atoms. The van der Waals surface area contributed by atoms with Crippen molar-refractivity contribution in [2.75, 3.05) is 37.0 Å². The Hall–Kier alpha value is -2.14. The molecule has 11 heteroatoms. The largest absolute Gasteiger partial charge is 0.418 e. The summed E-state index contributed by atoms with van der Waals surface area (Å²) in [7, 11) is -1.57. The first kappa shape index (κ1) is 21.2. The molecular weight excluding hydrogens is 387 g/mol. The fourth-order valence-electron chi connectivity index (χ4n) is 2.83. The van der Waals surface area contributed by atoms with Gasteiger partial charge in [0.1, 0.15) is 0 Å². The monoisotopic (exact) mass is 408 g/mol. The molecule has 1 aromatic carbocycles. The maximum absolute atomic E-state index is 12.9. The molecule has 2 atom stereocenters.